The van der Waals surface area contributed by atoms with E-state index in [1.165, 1.54) is 31.4 Å². The molecule has 1 aromatic rings. The number of nitrogens with one attached hydrogen (secondary N) is 2. The van der Waals surface area contributed by atoms with Crippen LogP contribution in [-0.4, -0.2) is 51.2 Å². The van der Waals surface area contributed by atoms with E-state index in [0.29, 0.717) is 0 Å². The van der Waals surface area contributed by atoms with Gasteiger partial charge in [0.15, 0.2) is 6.10 Å². The number of aliphatic carboxylic acids is 1. The number of ether oxygens (including phenoxy) is 1. The number of sulfonamides is 1. The van der Waals surface area contributed by atoms with Crippen molar-refractivity contribution in [1.82, 2.24) is 10.0 Å². The molecule has 126 valence electrons. The van der Waals surface area contributed by atoms with Crippen molar-refractivity contribution in [3.05, 3.63) is 29.8 Å². The van der Waals surface area contributed by atoms with Crippen LogP contribution < -0.4 is 10.0 Å². The van der Waals surface area contributed by atoms with Crippen LogP contribution in [0.5, 0.6) is 0 Å². The Morgan fingerprint density at radius 1 is 1.39 bits per heavy atom. The maximum atomic E-state index is 12.1. The first-order valence-corrected chi connectivity index (χ1v) is 8.48. The van der Waals surface area contributed by atoms with Gasteiger partial charge in [-0.15, -0.1) is 0 Å². The molecule has 0 aromatic heterocycles. The zero-order chi connectivity index (χ0) is 17.0. The highest BCUT2D eigenvalue weighted by Gasteiger charge is 2.28. The highest BCUT2D eigenvalue weighted by molar-refractivity contribution is 7.89. The Kier molecular flexibility index (Phi) is 5.34. The van der Waals surface area contributed by atoms with Gasteiger partial charge in [-0.05, 0) is 31.0 Å². The number of hydrogen-bond acceptors (Lipinski definition) is 5. The van der Waals surface area contributed by atoms with Crippen molar-refractivity contribution in [1.29, 1.82) is 0 Å². The summed E-state index contributed by atoms with van der Waals surface area (Å²) in [5.74, 6) is -1.77. The molecule has 1 fully saturated rings. The number of rotatable bonds is 8. The Balaban J connectivity index is 2.06. The molecule has 0 spiro atoms. The Morgan fingerprint density at radius 2 is 2.09 bits per heavy atom. The minimum Gasteiger partial charge on any atom is -0.479 e. The third kappa shape index (κ3) is 4.75. The van der Waals surface area contributed by atoms with Gasteiger partial charge in [-0.2, -0.15) is 0 Å². The van der Waals surface area contributed by atoms with Gasteiger partial charge in [0.2, 0.25) is 10.0 Å². The van der Waals surface area contributed by atoms with E-state index < -0.39 is 28.0 Å². The third-order valence-electron chi connectivity index (χ3n) is 3.31. The van der Waals surface area contributed by atoms with Gasteiger partial charge in [0.05, 0.1) is 11.4 Å². The Morgan fingerprint density at radius 3 is 2.65 bits per heavy atom. The molecule has 0 saturated heterocycles. The lowest BCUT2D eigenvalue weighted by molar-refractivity contribution is -0.148. The van der Waals surface area contributed by atoms with Crippen LogP contribution in [0.25, 0.3) is 0 Å². The van der Waals surface area contributed by atoms with E-state index in [4.69, 9.17) is 9.84 Å². The number of hydrogen-bond donors (Lipinski definition) is 3. The summed E-state index contributed by atoms with van der Waals surface area (Å²) in [5, 5.41) is 11.2. The van der Waals surface area contributed by atoms with Crippen LogP contribution in [0.4, 0.5) is 0 Å². The van der Waals surface area contributed by atoms with Crippen LogP contribution in [-0.2, 0) is 19.6 Å². The van der Waals surface area contributed by atoms with Crippen LogP contribution in [0, 0.1) is 0 Å². The van der Waals surface area contributed by atoms with E-state index in [1.54, 1.807) is 0 Å². The van der Waals surface area contributed by atoms with E-state index in [0.717, 1.165) is 12.8 Å². The first kappa shape index (κ1) is 17.4. The lowest BCUT2D eigenvalue weighted by Crippen LogP contribution is -2.37. The van der Waals surface area contributed by atoms with Gasteiger partial charge >= 0.3 is 5.97 Å². The normalized spacial score (nSPS) is 15.9. The van der Waals surface area contributed by atoms with Gasteiger partial charge in [0.1, 0.15) is 0 Å². The predicted octanol–water partition coefficient (Wildman–Crippen LogP) is -0.0433. The van der Waals surface area contributed by atoms with Gasteiger partial charge in [-0.3, -0.25) is 4.79 Å². The molecule has 1 atom stereocenters. The number of carboxylic acid groups (broad SMARTS) is 1. The number of carbonyl (C=O) groups is 2. The molecule has 0 aliphatic heterocycles. The summed E-state index contributed by atoms with van der Waals surface area (Å²) in [6.07, 6.45) is 0.461. The molecule has 1 aliphatic rings. The monoisotopic (exact) mass is 342 g/mol. The maximum absolute atomic E-state index is 12.1. The molecule has 1 aromatic carbocycles. The molecular formula is C14H18N2O6S. The zero-order valence-corrected chi connectivity index (χ0v) is 13.3. The molecule has 9 heteroatoms. The molecule has 2 rings (SSSR count). The number of methoxy groups -OCH3 is 1. The van der Waals surface area contributed by atoms with E-state index in [-0.39, 0.29) is 23.0 Å². The number of carbonyl (C=O) groups excluding carboxylic acids is 1. The molecule has 3 N–H and O–H groups in total. The summed E-state index contributed by atoms with van der Waals surface area (Å²) >= 11 is 0. The van der Waals surface area contributed by atoms with Crippen LogP contribution in [0.15, 0.2) is 29.2 Å². The molecule has 0 bridgehead atoms. The third-order valence-corrected chi connectivity index (χ3v) is 4.83. The molecule has 0 radical (unpaired) electrons. The molecular weight excluding hydrogens is 324 g/mol. The average Bonchev–Trinajstić information content (AvgIpc) is 3.30. The summed E-state index contributed by atoms with van der Waals surface area (Å²) < 4.78 is 31.5. The molecule has 1 unspecified atom stereocenters. The Bertz CT molecular complexity index is 699. The molecule has 0 heterocycles. The number of benzene rings is 1. The molecule has 1 saturated carbocycles. The summed E-state index contributed by atoms with van der Waals surface area (Å²) in [5.41, 5.74) is 0.129. The summed E-state index contributed by atoms with van der Waals surface area (Å²) in [4.78, 5) is 22.8. The minimum atomic E-state index is -3.65. The molecule has 1 aliphatic carbocycles. The maximum Gasteiger partial charge on any atom is 0.334 e. The second-order valence-corrected chi connectivity index (χ2v) is 6.91. The summed E-state index contributed by atoms with van der Waals surface area (Å²) in [6, 6.07) is 5.53. The van der Waals surface area contributed by atoms with Gasteiger partial charge in [-0.1, -0.05) is 6.07 Å². The quantitative estimate of drug-likeness (QED) is 0.609. The highest BCUT2D eigenvalue weighted by Crippen LogP contribution is 2.22. The standard InChI is InChI=1S/C14H18N2O6S/c1-22-12(14(18)19)8-15-13(17)9-3-2-4-11(7-9)23(20,21)16-10-5-6-10/h2-4,7,10,12,16H,5-6,8H2,1H3,(H,15,17)(H,18,19). The van der Waals surface area contributed by atoms with E-state index in [2.05, 4.69) is 10.0 Å². The van der Waals surface area contributed by atoms with Gasteiger partial charge in [-0.25, -0.2) is 17.9 Å². The molecule has 8 nitrogen and oxygen atoms in total. The smallest absolute Gasteiger partial charge is 0.334 e. The fraction of sp³-hybridized carbons (Fsp3) is 0.429. The second kappa shape index (κ2) is 7.07. The van der Waals surface area contributed by atoms with Crippen molar-refractivity contribution < 1.29 is 27.9 Å². The van der Waals surface area contributed by atoms with E-state index >= 15 is 0 Å². The van der Waals surface area contributed by atoms with Gasteiger partial charge in [0.25, 0.3) is 5.91 Å². The predicted molar refractivity (Wildman–Crippen MR) is 80.6 cm³/mol. The highest BCUT2D eigenvalue weighted by atomic mass is 32.2. The van der Waals surface area contributed by atoms with Crippen molar-refractivity contribution in [2.45, 2.75) is 29.9 Å². The Labute approximate surface area is 133 Å². The lowest BCUT2D eigenvalue weighted by atomic mass is 10.2. The first-order chi connectivity index (χ1) is 10.8. The second-order valence-electron chi connectivity index (χ2n) is 5.20. The topological polar surface area (TPSA) is 122 Å². The van der Waals surface area contributed by atoms with Crippen LogP contribution in [0.1, 0.15) is 23.2 Å². The van der Waals surface area contributed by atoms with Crippen LogP contribution in [0.3, 0.4) is 0 Å². The SMILES string of the molecule is COC(CNC(=O)c1cccc(S(=O)(=O)NC2CC2)c1)C(=O)O. The van der Waals surface area contributed by atoms with Crippen LogP contribution in [0.2, 0.25) is 0 Å². The lowest BCUT2D eigenvalue weighted by Gasteiger charge is -2.12. The fourth-order valence-electron chi connectivity index (χ4n) is 1.85. The van der Waals surface area contributed by atoms with Crippen molar-refractivity contribution in [2.24, 2.45) is 0 Å². The van der Waals surface area contributed by atoms with E-state index in [9.17, 15) is 18.0 Å². The van der Waals surface area contributed by atoms with Gasteiger partial charge < -0.3 is 15.2 Å². The van der Waals surface area contributed by atoms with Crippen LogP contribution >= 0.6 is 0 Å². The first-order valence-electron chi connectivity index (χ1n) is 6.99. The average molecular weight is 342 g/mol. The minimum absolute atomic E-state index is 0.00132. The zero-order valence-electron chi connectivity index (χ0n) is 12.5. The molecule has 1 amide bonds. The van der Waals surface area contributed by atoms with E-state index in [1.807, 2.05) is 0 Å². The fourth-order valence-corrected chi connectivity index (χ4v) is 3.20. The summed E-state index contributed by atoms with van der Waals surface area (Å²) in [7, 11) is -2.43. The Hall–Kier alpha value is -1.97. The number of carboxylic acids is 1. The largest absolute Gasteiger partial charge is 0.479 e. The van der Waals surface area contributed by atoms with Crippen molar-refractivity contribution in [2.75, 3.05) is 13.7 Å². The van der Waals surface area contributed by atoms with Gasteiger partial charge in [0, 0.05) is 18.7 Å². The van der Waals surface area contributed by atoms with Crippen molar-refractivity contribution in [3.8, 4) is 0 Å². The number of amides is 1. The molecule has 23 heavy (non-hydrogen) atoms. The van der Waals surface area contributed by atoms with Crippen molar-refractivity contribution >= 4 is 21.9 Å². The van der Waals surface area contributed by atoms with Crippen molar-refractivity contribution in [3.63, 3.8) is 0 Å². The summed E-state index contributed by atoms with van der Waals surface area (Å²) in [6.45, 7) is -0.220.